The highest BCUT2D eigenvalue weighted by Crippen LogP contribution is 2.23. The molecule has 0 unspecified atom stereocenters. The first-order valence-electron chi connectivity index (χ1n) is 5.62. The van der Waals surface area contributed by atoms with Crippen molar-refractivity contribution in [3.05, 3.63) is 20.8 Å². The summed E-state index contributed by atoms with van der Waals surface area (Å²) in [4.78, 5) is 3.85. The molecule has 0 spiro atoms. The van der Waals surface area contributed by atoms with Crippen molar-refractivity contribution in [1.82, 2.24) is 4.90 Å². The summed E-state index contributed by atoms with van der Waals surface area (Å²) >= 11 is 5.30. The molecule has 4 heteroatoms. The molecule has 1 rings (SSSR count). The van der Waals surface area contributed by atoms with Crippen molar-refractivity contribution in [1.29, 1.82) is 0 Å². The van der Waals surface area contributed by atoms with Crippen LogP contribution in [0.3, 0.4) is 0 Å². The summed E-state index contributed by atoms with van der Waals surface area (Å²) in [5.41, 5.74) is 5.97. The fourth-order valence-corrected chi connectivity index (χ4v) is 3.10. The maximum atomic E-state index is 5.78. The van der Waals surface area contributed by atoms with Gasteiger partial charge in [0.2, 0.25) is 0 Å². The molecule has 0 atom stereocenters. The molecule has 0 bridgehead atoms. The highest BCUT2D eigenvalue weighted by Gasteiger charge is 2.19. The molecule has 0 fully saturated rings. The molecule has 0 aliphatic carbocycles. The fourth-order valence-electron chi connectivity index (χ4n) is 1.61. The molecular formula is C12H21BrN2S. The van der Waals surface area contributed by atoms with Gasteiger partial charge >= 0.3 is 0 Å². The number of nitrogens with zero attached hydrogens (tertiary/aromatic N) is 1. The third kappa shape index (κ3) is 4.53. The molecule has 0 saturated carbocycles. The summed E-state index contributed by atoms with van der Waals surface area (Å²) in [6, 6.07) is 2.20. The Hall–Kier alpha value is 0.1000. The van der Waals surface area contributed by atoms with Crippen molar-refractivity contribution in [2.75, 3.05) is 19.6 Å². The molecule has 2 N–H and O–H groups in total. The average Bonchev–Trinajstić information content (AvgIpc) is 2.63. The number of hydrogen-bond donors (Lipinski definition) is 1. The minimum Gasteiger partial charge on any atom is -0.330 e. The van der Waals surface area contributed by atoms with Crippen molar-refractivity contribution in [3.63, 3.8) is 0 Å². The van der Waals surface area contributed by atoms with E-state index >= 15 is 0 Å². The first kappa shape index (κ1) is 14.2. The second-order valence-electron chi connectivity index (χ2n) is 4.90. The van der Waals surface area contributed by atoms with E-state index in [4.69, 9.17) is 5.73 Å². The molecule has 92 valence electrons. The van der Waals surface area contributed by atoms with Crippen LogP contribution in [0.1, 0.15) is 25.6 Å². The van der Waals surface area contributed by atoms with Crippen LogP contribution in [-0.2, 0) is 6.54 Å². The van der Waals surface area contributed by atoms with Gasteiger partial charge in [0.15, 0.2) is 0 Å². The van der Waals surface area contributed by atoms with Crippen LogP contribution in [0.2, 0.25) is 0 Å². The SMILES string of the molecule is CCN(Cc1cc(Br)cs1)CC(C)(C)CN. The maximum absolute atomic E-state index is 5.78. The Kier molecular flexibility index (Phi) is 5.44. The largest absolute Gasteiger partial charge is 0.330 e. The third-order valence-corrected chi connectivity index (χ3v) is 4.34. The van der Waals surface area contributed by atoms with Gasteiger partial charge in [0.1, 0.15) is 0 Å². The summed E-state index contributed by atoms with van der Waals surface area (Å²) in [6.45, 7) is 10.5. The van der Waals surface area contributed by atoms with Crippen LogP contribution in [0.4, 0.5) is 0 Å². The molecule has 0 aliphatic heterocycles. The number of nitrogens with two attached hydrogens (primary N) is 1. The summed E-state index contributed by atoms with van der Waals surface area (Å²) in [5.74, 6) is 0. The number of thiophene rings is 1. The molecule has 16 heavy (non-hydrogen) atoms. The summed E-state index contributed by atoms with van der Waals surface area (Å²) in [7, 11) is 0. The van der Waals surface area contributed by atoms with Crippen LogP contribution in [0, 0.1) is 5.41 Å². The smallest absolute Gasteiger partial charge is 0.0328 e. The molecule has 1 aromatic heterocycles. The summed E-state index contributed by atoms with van der Waals surface area (Å²) in [5, 5.41) is 2.14. The van der Waals surface area contributed by atoms with Gasteiger partial charge in [0.25, 0.3) is 0 Å². The van der Waals surface area contributed by atoms with E-state index < -0.39 is 0 Å². The Morgan fingerprint density at radius 3 is 2.62 bits per heavy atom. The quantitative estimate of drug-likeness (QED) is 0.873. The lowest BCUT2D eigenvalue weighted by molar-refractivity contribution is 0.185. The molecule has 0 saturated heterocycles. The van der Waals surface area contributed by atoms with Gasteiger partial charge in [-0.05, 0) is 40.5 Å². The molecular weight excluding hydrogens is 284 g/mol. The zero-order valence-corrected chi connectivity index (χ0v) is 12.7. The van der Waals surface area contributed by atoms with E-state index in [1.54, 1.807) is 0 Å². The van der Waals surface area contributed by atoms with Crippen molar-refractivity contribution in [2.24, 2.45) is 11.1 Å². The van der Waals surface area contributed by atoms with Crippen molar-refractivity contribution < 1.29 is 0 Å². The number of rotatable bonds is 6. The normalized spacial score (nSPS) is 12.4. The predicted octanol–water partition coefficient (Wildman–Crippen LogP) is 3.32. The van der Waals surface area contributed by atoms with E-state index in [1.165, 1.54) is 9.35 Å². The van der Waals surface area contributed by atoms with Crippen LogP contribution >= 0.6 is 27.3 Å². The van der Waals surface area contributed by atoms with Crippen LogP contribution in [0.5, 0.6) is 0 Å². The minimum absolute atomic E-state index is 0.199. The molecule has 1 heterocycles. The van der Waals surface area contributed by atoms with Gasteiger partial charge in [-0.1, -0.05) is 20.8 Å². The van der Waals surface area contributed by atoms with Crippen LogP contribution in [0.15, 0.2) is 15.9 Å². The molecule has 0 amide bonds. The van der Waals surface area contributed by atoms with Crippen LogP contribution in [-0.4, -0.2) is 24.5 Å². The third-order valence-electron chi connectivity index (χ3n) is 2.65. The van der Waals surface area contributed by atoms with Crippen molar-refractivity contribution >= 4 is 27.3 Å². The standard InChI is InChI=1S/C12H21BrN2S/c1-4-15(9-12(2,3)8-14)6-11-5-10(13)7-16-11/h5,7H,4,6,8-9,14H2,1-3H3. The Balaban J connectivity index is 2.55. The van der Waals surface area contributed by atoms with Crippen molar-refractivity contribution in [2.45, 2.75) is 27.3 Å². The molecule has 2 nitrogen and oxygen atoms in total. The van der Waals surface area contributed by atoms with Gasteiger partial charge < -0.3 is 5.73 Å². The van der Waals surface area contributed by atoms with Crippen LogP contribution in [0.25, 0.3) is 0 Å². The minimum atomic E-state index is 0.199. The lowest BCUT2D eigenvalue weighted by Crippen LogP contribution is -2.38. The van der Waals surface area contributed by atoms with E-state index in [0.29, 0.717) is 0 Å². The first-order chi connectivity index (χ1) is 7.46. The van der Waals surface area contributed by atoms with Crippen LogP contribution < -0.4 is 5.73 Å². The molecule has 0 aliphatic rings. The lowest BCUT2D eigenvalue weighted by Gasteiger charge is -2.30. The lowest BCUT2D eigenvalue weighted by atomic mass is 9.93. The first-order valence-corrected chi connectivity index (χ1v) is 7.29. The molecule has 1 aromatic rings. The number of hydrogen-bond acceptors (Lipinski definition) is 3. The van der Waals surface area contributed by atoms with Gasteiger partial charge in [-0.15, -0.1) is 11.3 Å². The average molecular weight is 305 g/mol. The second kappa shape index (κ2) is 6.15. The van der Waals surface area contributed by atoms with Gasteiger partial charge in [0.05, 0.1) is 0 Å². The topological polar surface area (TPSA) is 29.3 Å². The van der Waals surface area contributed by atoms with E-state index in [9.17, 15) is 0 Å². The second-order valence-corrected chi connectivity index (χ2v) is 6.81. The highest BCUT2D eigenvalue weighted by molar-refractivity contribution is 9.10. The fraction of sp³-hybridized carbons (Fsp3) is 0.667. The van der Waals surface area contributed by atoms with Gasteiger partial charge in [0, 0.05) is 27.8 Å². The molecule has 0 radical (unpaired) electrons. The predicted molar refractivity (Wildman–Crippen MR) is 75.8 cm³/mol. The Bertz CT molecular complexity index is 323. The van der Waals surface area contributed by atoms with Crippen molar-refractivity contribution in [3.8, 4) is 0 Å². The Morgan fingerprint density at radius 1 is 1.50 bits per heavy atom. The van der Waals surface area contributed by atoms with E-state index in [1.807, 2.05) is 11.3 Å². The van der Waals surface area contributed by atoms with E-state index in [2.05, 4.69) is 53.0 Å². The Morgan fingerprint density at radius 2 is 2.19 bits per heavy atom. The summed E-state index contributed by atoms with van der Waals surface area (Å²) in [6.07, 6.45) is 0. The monoisotopic (exact) mass is 304 g/mol. The van der Waals surface area contributed by atoms with Gasteiger partial charge in [-0.3, -0.25) is 4.90 Å². The zero-order valence-electron chi connectivity index (χ0n) is 10.3. The van der Waals surface area contributed by atoms with Gasteiger partial charge in [-0.25, -0.2) is 0 Å². The number of halogens is 1. The highest BCUT2D eigenvalue weighted by atomic mass is 79.9. The summed E-state index contributed by atoms with van der Waals surface area (Å²) < 4.78 is 1.18. The van der Waals surface area contributed by atoms with E-state index in [0.717, 1.165) is 26.2 Å². The van der Waals surface area contributed by atoms with E-state index in [-0.39, 0.29) is 5.41 Å². The van der Waals surface area contributed by atoms with Gasteiger partial charge in [-0.2, -0.15) is 0 Å². The molecule has 0 aromatic carbocycles. The Labute approximate surface area is 111 Å². The maximum Gasteiger partial charge on any atom is 0.0328 e. The zero-order chi connectivity index (χ0) is 12.2.